The SMILES string of the molecule is O=C(Nc1cccc(C(F)(F)F)c1)Nc1ncc(CCNc2ncnc3cc(-c4cnn(CCOP(=O)(O)O)c4)sc23)s1. The zero-order valence-electron chi connectivity index (χ0n) is 21.8. The number of anilines is 3. The number of hydrogen-bond acceptors (Lipinski definition) is 10. The molecule has 0 saturated carbocycles. The van der Waals surface area contributed by atoms with Crippen LogP contribution >= 0.6 is 30.5 Å². The van der Waals surface area contributed by atoms with Crippen molar-refractivity contribution < 1.29 is 36.8 Å². The van der Waals surface area contributed by atoms with E-state index in [1.807, 2.05) is 6.07 Å². The average molecular weight is 655 g/mol. The third-order valence-electron chi connectivity index (χ3n) is 5.69. The number of nitrogens with one attached hydrogen (secondary N) is 3. The minimum Gasteiger partial charge on any atom is -0.368 e. The van der Waals surface area contributed by atoms with E-state index in [1.54, 1.807) is 18.6 Å². The van der Waals surface area contributed by atoms with Crippen LogP contribution in [0.4, 0.5) is 34.6 Å². The van der Waals surface area contributed by atoms with Crippen molar-refractivity contribution in [2.75, 3.05) is 29.1 Å². The van der Waals surface area contributed by atoms with Crippen LogP contribution < -0.4 is 16.0 Å². The van der Waals surface area contributed by atoms with Crippen molar-refractivity contribution >= 4 is 63.4 Å². The number of thiophene rings is 1. The Bertz CT molecular complexity index is 1790. The van der Waals surface area contributed by atoms with Crippen molar-refractivity contribution in [3.8, 4) is 10.4 Å². The molecule has 0 saturated heterocycles. The van der Waals surface area contributed by atoms with Crippen LogP contribution in [-0.4, -0.2) is 53.7 Å². The molecule has 1 aromatic carbocycles. The van der Waals surface area contributed by atoms with Gasteiger partial charge in [0.05, 0.1) is 35.1 Å². The molecule has 0 aliphatic heterocycles. The molecule has 5 N–H and O–H groups in total. The van der Waals surface area contributed by atoms with E-state index in [9.17, 15) is 22.5 Å². The van der Waals surface area contributed by atoms with Crippen molar-refractivity contribution in [3.05, 3.63) is 65.7 Å². The van der Waals surface area contributed by atoms with Crippen LogP contribution in [0.1, 0.15) is 10.4 Å². The molecule has 13 nitrogen and oxygen atoms in total. The van der Waals surface area contributed by atoms with Gasteiger partial charge >= 0.3 is 20.0 Å². The van der Waals surface area contributed by atoms with Gasteiger partial charge in [-0.3, -0.25) is 14.5 Å². The Morgan fingerprint density at radius 2 is 1.93 bits per heavy atom. The number of nitrogens with zero attached hydrogens (tertiary/aromatic N) is 5. The van der Waals surface area contributed by atoms with Gasteiger partial charge in [0.15, 0.2) is 5.13 Å². The maximum Gasteiger partial charge on any atom is 0.469 e. The lowest BCUT2D eigenvalue weighted by Crippen LogP contribution is -2.19. The summed E-state index contributed by atoms with van der Waals surface area (Å²) in [6, 6.07) is 5.52. The monoisotopic (exact) mass is 654 g/mol. The maximum atomic E-state index is 12.9. The van der Waals surface area contributed by atoms with Gasteiger partial charge in [0.25, 0.3) is 0 Å². The molecule has 0 bridgehead atoms. The number of aromatic nitrogens is 5. The van der Waals surface area contributed by atoms with E-state index in [1.165, 1.54) is 45.8 Å². The number of fused-ring (bicyclic) bond motifs is 1. The van der Waals surface area contributed by atoms with E-state index >= 15 is 0 Å². The number of amides is 2. The molecule has 0 radical (unpaired) electrons. The Balaban J connectivity index is 1.15. The molecule has 0 unspecified atom stereocenters. The van der Waals surface area contributed by atoms with Crippen molar-refractivity contribution in [3.63, 3.8) is 0 Å². The Morgan fingerprint density at radius 3 is 2.72 bits per heavy atom. The topological polar surface area (TPSA) is 176 Å². The number of carbonyl (C=O) groups excluding carboxylic acids is 1. The van der Waals surface area contributed by atoms with Crippen molar-refractivity contribution in [2.24, 2.45) is 0 Å². The Hall–Kier alpha value is -3.93. The van der Waals surface area contributed by atoms with Crippen LogP contribution in [-0.2, 0) is 28.2 Å². The van der Waals surface area contributed by atoms with E-state index in [0.29, 0.717) is 23.9 Å². The number of alkyl halides is 3. The van der Waals surface area contributed by atoms with Gasteiger partial charge in [0.2, 0.25) is 0 Å². The number of benzene rings is 1. The van der Waals surface area contributed by atoms with Crippen molar-refractivity contribution in [1.82, 2.24) is 24.7 Å². The number of carbonyl (C=O) groups is 1. The van der Waals surface area contributed by atoms with Gasteiger partial charge in [-0.2, -0.15) is 18.3 Å². The van der Waals surface area contributed by atoms with Crippen LogP contribution in [0.25, 0.3) is 20.7 Å². The van der Waals surface area contributed by atoms with Crippen LogP contribution in [0.2, 0.25) is 0 Å². The molecule has 43 heavy (non-hydrogen) atoms. The van der Waals surface area contributed by atoms with Crippen LogP contribution in [0.3, 0.4) is 0 Å². The van der Waals surface area contributed by atoms with Crippen LogP contribution in [0, 0.1) is 0 Å². The third-order valence-corrected chi connectivity index (χ3v) is 8.37. The molecule has 226 valence electrons. The molecule has 5 rings (SSSR count). The molecule has 0 spiro atoms. The first kappa shape index (κ1) is 30.5. The highest BCUT2D eigenvalue weighted by molar-refractivity contribution is 7.46. The molecule has 0 aliphatic rings. The molecule has 4 heterocycles. The number of rotatable bonds is 11. The van der Waals surface area contributed by atoms with Gasteiger partial charge in [-0.15, -0.1) is 22.7 Å². The number of halogens is 3. The smallest absolute Gasteiger partial charge is 0.368 e. The summed E-state index contributed by atoms with van der Waals surface area (Å²) in [4.78, 5) is 44.5. The largest absolute Gasteiger partial charge is 0.469 e. The summed E-state index contributed by atoms with van der Waals surface area (Å²) >= 11 is 2.69. The minimum absolute atomic E-state index is 0.00261. The number of urea groups is 1. The second-order valence-electron chi connectivity index (χ2n) is 8.83. The fourth-order valence-electron chi connectivity index (χ4n) is 3.81. The normalized spacial score (nSPS) is 12.0. The van der Waals surface area contributed by atoms with Crippen molar-refractivity contribution in [2.45, 2.75) is 19.1 Å². The van der Waals surface area contributed by atoms with E-state index in [2.05, 4.69) is 40.5 Å². The minimum atomic E-state index is -4.54. The van der Waals surface area contributed by atoms with E-state index in [-0.39, 0.29) is 18.8 Å². The standard InChI is InChI=1S/C24H22F3N8O5PS2/c25-24(26,27)15-2-1-3-16(8-15)33-22(36)34-23-29-11-17(42-23)4-5-28-21-20-18(30-13-31-21)9-19(43-20)14-10-32-35(12-14)6-7-40-41(37,38)39/h1-3,8-13H,4-7H2,(H,28,30,31)(H2,37,38,39)(H2,29,33,34,36). The molecular weight excluding hydrogens is 632 g/mol. The first-order chi connectivity index (χ1) is 20.4. The Kier molecular flexibility index (Phi) is 9.05. The molecular formula is C24H22F3N8O5PS2. The molecule has 5 aromatic rings. The molecule has 0 atom stereocenters. The predicted molar refractivity (Wildman–Crippen MR) is 155 cm³/mol. The Morgan fingerprint density at radius 1 is 1.09 bits per heavy atom. The summed E-state index contributed by atoms with van der Waals surface area (Å²) in [6.07, 6.45) is 2.47. The summed E-state index contributed by atoms with van der Waals surface area (Å²) < 4.78 is 56.4. The van der Waals surface area contributed by atoms with E-state index in [0.717, 1.165) is 37.7 Å². The van der Waals surface area contributed by atoms with Gasteiger partial charge in [-0.05, 0) is 24.3 Å². The molecule has 2 amide bonds. The number of phosphoric acid groups is 1. The highest BCUT2D eigenvalue weighted by Crippen LogP contribution is 2.37. The predicted octanol–water partition coefficient (Wildman–Crippen LogP) is 5.44. The number of phosphoric ester groups is 1. The van der Waals surface area contributed by atoms with Gasteiger partial charge in [0, 0.05) is 46.4 Å². The Labute approximate surface area is 249 Å². The van der Waals surface area contributed by atoms with Gasteiger partial charge in [0.1, 0.15) is 12.1 Å². The maximum absolute atomic E-state index is 12.9. The summed E-state index contributed by atoms with van der Waals surface area (Å²) in [7, 11) is -4.54. The quantitative estimate of drug-likeness (QED) is 0.115. The zero-order chi connectivity index (χ0) is 30.6. The van der Waals surface area contributed by atoms with Gasteiger partial charge < -0.3 is 20.4 Å². The highest BCUT2D eigenvalue weighted by atomic mass is 32.1. The third kappa shape index (κ3) is 8.34. The lowest BCUT2D eigenvalue weighted by atomic mass is 10.2. The van der Waals surface area contributed by atoms with Crippen molar-refractivity contribution in [1.29, 1.82) is 0 Å². The lowest BCUT2D eigenvalue weighted by molar-refractivity contribution is -0.137. The fraction of sp³-hybridized carbons (Fsp3) is 0.208. The first-order valence-electron chi connectivity index (χ1n) is 12.3. The summed E-state index contributed by atoms with van der Waals surface area (Å²) in [6.45, 7) is 0.467. The first-order valence-corrected chi connectivity index (χ1v) is 15.5. The lowest BCUT2D eigenvalue weighted by Gasteiger charge is -2.09. The highest BCUT2D eigenvalue weighted by Gasteiger charge is 2.30. The van der Waals surface area contributed by atoms with Gasteiger partial charge in [-0.25, -0.2) is 24.3 Å². The average Bonchev–Trinajstić information content (AvgIpc) is 3.68. The molecule has 4 aromatic heterocycles. The molecule has 0 aliphatic carbocycles. The number of hydrogen-bond donors (Lipinski definition) is 5. The molecule has 0 fully saturated rings. The van der Waals surface area contributed by atoms with E-state index in [4.69, 9.17) is 9.79 Å². The summed E-state index contributed by atoms with van der Waals surface area (Å²) in [5.74, 6) is 0.631. The summed E-state index contributed by atoms with van der Waals surface area (Å²) in [5, 5.41) is 12.7. The fourth-order valence-corrected chi connectivity index (χ4v) is 5.98. The molecule has 19 heteroatoms. The van der Waals surface area contributed by atoms with Gasteiger partial charge in [-0.1, -0.05) is 6.07 Å². The zero-order valence-corrected chi connectivity index (χ0v) is 24.3. The summed E-state index contributed by atoms with van der Waals surface area (Å²) in [5.41, 5.74) is 0.662. The van der Waals surface area contributed by atoms with E-state index < -0.39 is 25.6 Å². The number of thiazole rings is 1. The van der Waals surface area contributed by atoms with Crippen LogP contribution in [0.5, 0.6) is 0 Å². The van der Waals surface area contributed by atoms with Crippen LogP contribution in [0.15, 0.2) is 55.2 Å². The second-order valence-corrected chi connectivity index (χ2v) is 12.2. The second kappa shape index (κ2) is 12.7.